The first-order valence-electron chi connectivity index (χ1n) is 10.3. The third kappa shape index (κ3) is 7.55. The summed E-state index contributed by atoms with van der Waals surface area (Å²) in [6.07, 6.45) is 1.82. The van der Waals surface area contributed by atoms with Crippen LogP contribution in [-0.2, 0) is 20.7 Å². The van der Waals surface area contributed by atoms with E-state index in [1.165, 1.54) is 23.1 Å². The van der Waals surface area contributed by atoms with Crippen molar-refractivity contribution in [2.24, 2.45) is 0 Å². The van der Waals surface area contributed by atoms with Gasteiger partial charge < -0.3 is 10.1 Å². The molecule has 2 aromatic heterocycles. The first-order chi connectivity index (χ1) is 15.4. The number of carbonyl (C=O) groups is 2. The number of amides is 1. The third-order valence-corrected chi connectivity index (χ3v) is 6.73. The number of nitrogens with one attached hydrogen (secondary N) is 1. The SMILES string of the molecule is CC(C)(C)OC(=O)C(C)(C)Sc1nc(CC(=O)Nc2ccc(-c3ccc(Cl)cc3)cn2)cs1. The molecule has 0 aliphatic heterocycles. The summed E-state index contributed by atoms with van der Waals surface area (Å²) in [5.74, 6) is -0.0498. The Morgan fingerprint density at radius 3 is 2.33 bits per heavy atom. The van der Waals surface area contributed by atoms with Gasteiger partial charge in [0, 0.05) is 22.2 Å². The normalized spacial score (nSPS) is 11.8. The molecule has 0 aliphatic carbocycles. The summed E-state index contributed by atoms with van der Waals surface area (Å²) >= 11 is 8.66. The van der Waals surface area contributed by atoms with Gasteiger partial charge >= 0.3 is 5.97 Å². The van der Waals surface area contributed by atoms with E-state index < -0.39 is 10.3 Å². The number of nitrogens with zero attached hydrogens (tertiary/aromatic N) is 2. The number of thiazole rings is 1. The molecule has 0 fully saturated rings. The molecule has 1 amide bonds. The minimum atomic E-state index is -0.791. The zero-order valence-electron chi connectivity index (χ0n) is 19.1. The average Bonchev–Trinajstić information content (AvgIpc) is 3.13. The maximum Gasteiger partial charge on any atom is 0.322 e. The number of thioether (sulfide) groups is 1. The molecular weight excluding hydrogens is 478 g/mol. The molecule has 174 valence electrons. The van der Waals surface area contributed by atoms with Crippen molar-refractivity contribution in [2.45, 2.75) is 55.7 Å². The van der Waals surface area contributed by atoms with Crippen molar-refractivity contribution in [1.82, 2.24) is 9.97 Å². The van der Waals surface area contributed by atoms with Crippen LogP contribution in [0.25, 0.3) is 11.1 Å². The van der Waals surface area contributed by atoms with Gasteiger partial charge in [0.05, 0.1) is 12.1 Å². The highest BCUT2D eigenvalue weighted by Crippen LogP contribution is 2.36. The lowest BCUT2D eigenvalue weighted by molar-refractivity contribution is -0.156. The Balaban J connectivity index is 1.56. The molecule has 0 spiro atoms. The molecular formula is C24H26ClN3O3S2. The molecule has 9 heteroatoms. The van der Waals surface area contributed by atoms with E-state index in [0.29, 0.717) is 20.9 Å². The molecule has 33 heavy (non-hydrogen) atoms. The van der Waals surface area contributed by atoms with Crippen LogP contribution in [0.4, 0.5) is 5.82 Å². The molecule has 6 nitrogen and oxygen atoms in total. The molecule has 0 saturated heterocycles. The van der Waals surface area contributed by atoms with E-state index >= 15 is 0 Å². The van der Waals surface area contributed by atoms with Gasteiger partial charge in [-0.05, 0) is 64.4 Å². The third-order valence-electron chi connectivity index (χ3n) is 4.31. The van der Waals surface area contributed by atoms with E-state index in [1.54, 1.807) is 26.1 Å². The first-order valence-corrected chi connectivity index (χ1v) is 12.4. The lowest BCUT2D eigenvalue weighted by Crippen LogP contribution is -2.36. The molecule has 0 unspecified atom stereocenters. The zero-order valence-corrected chi connectivity index (χ0v) is 21.5. The predicted octanol–water partition coefficient (Wildman–Crippen LogP) is 6.25. The number of esters is 1. The number of halogens is 1. The van der Waals surface area contributed by atoms with Crippen LogP contribution in [0.2, 0.25) is 5.02 Å². The van der Waals surface area contributed by atoms with Crippen molar-refractivity contribution in [3.8, 4) is 11.1 Å². The number of hydrogen-bond acceptors (Lipinski definition) is 7. The molecule has 1 N–H and O–H groups in total. The molecule has 0 saturated carbocycles. The Bertz CT molecular complexity index is 1120. The summed E-state index contributed by atoms with van der Waals surface area (Å²) in [7, 11) is 0. The topological polar surface area (TPSA) is 81.2 Å². The Labute approximate surface area is 207 Å². The van der Waals surface area contributed by atoms with Gasteiger partial charge in [0.1, 0.15) is 16.2 Å². The Kier molecular flexibility index (Phi) is 7.82. The van der Waals surface area contributed by atoms with Gasteiger partial charge in [0.15, 0.2) is 4.34 Å². The largest absolute Gasteiger partial charge is 0.459 e. The van der Waals surface area contributed by atoms with Crippen LogP contribution in [-0.4, -0.2) is 32.2 Å². The zero-order chi connectivity index (χ0) is 24.2. The van der Waals surface area contributed by atoms with E-state index in [2.05, 4.69) is 15.3 Å². The van der Waals surface area contributed by atoms with Gasteiger partial charge in [0.25, 0.3) is 0 Å². The summed E-state index contributed by atoms with van der Waals surface area (Å²) in [5.41, 5.74) is 2.00. The summed E-state index contributed by atoms with van der Waals surface area (Å²) in [4.78, 5) is 33.7. The highest BCUT2D eigenvalue weighted by Gasteiger charge is 2.34. The number of benzene rings is 1. The van der Waals surface area contributed by atoms with Gasteiger partial charge in [0.2, 0.25) is 5.91 Å². The monoisotopic (exact) mass is 503 g/mol. The van der Waals surface area contributed by atoms with Crippen LogP contribution in [0, 0.1) is 0 Å². The maximum absolute atomic E-state index is 12.5. The highest BCUT2D eigenvalue weighted by molar-refractivity contribution is 8.03. The number of hydrogen-bond donors (Lipinski definition) is 1. The minimum absolute atomic E-state index is 0.116. The second kappa shape index (κ2) is 10.2. The van der Waals surface area contributed by atoms with Crippen LogP contribution in [0.15, 0.2) is 52.3 Å². The fourth-order valence-corrected chi connectivity index (χ4v) is 5.06. The summed E-state index contributed by atoms with van der Waals surface area (Å²) in [6.45, 7) is 9.13. The summed E-state index contributed by atoms with van der Waals surface area (Å²) < 4.78 is 5.41. The smallest absolute Gasteiger partial charge is 0.322 e. The number of anilines is 1. The summed E-state index contributed by atoms with van der Waals surface area (Å²) in [5, 5.41) is 5.29. The number of aromatic nitrogens is 2. The lowest BCUT2D eigenvalue weighted by atomic mass is 10.1. The van der Waals surface area contributed by atoms with Gasteiger partial charge in [-0.1, -0.05) is 35.5 Å². The fraction of sp³-hybridized carbons (Fsp3) is 0.333. The van der Waals surface area contributed by atoms with E-state index in [0.717, 1.165) is 11.1 Å². The lowest BCUT2D eigenvalue weighted by Gasteiger charge is -2.27. The number of pyridine rings is 1. The minimum Gasteiger partial charge on any atom is -0.459 e. The fourth-order valence-electron chi connectivity index (χ4n) is 2.71. The molecule has 3 aromatic rings. The quantitative estimate of drug-likeness (QED) is 0.303. The van der Waals surface area contributed by atoms with Crippen molar-refractivity contribution in [3.05, 3.63) is 58.7 Å². The van der Waals surface area contributed by atoms with Gasteiger partial charge in [-0.2, -0.15) is 0 Å². The summed E-state index contributed by atoms with van der Waals surface area (Å²) in [6, 6.07) is 11.1. The van der Waals surface area contributed by atoms with Crippen molar-refractivity contribution >= 4 is 52.4 Å². The molecule has 3 rings (SSSR count). The van der Waals surface area contributed by atoms with Crippen LogP contribution < -0.4 is 5.32 Å². The van der Waals surface area contributed by atoms with Gasteiger partial charge in [-0.3, -0.25) is 9.59 Å². The van der Waals surface area contributed by atoms with Gasteiger partial charge in [-0.15, -0.1) is 11.3 Å². The molecule has 1 aromatic carbocycles. The second-order valence-corrected chi connectivity index (χ2v) is 12.0. The Hall–Kier alpha value is -2.42. The van der Waals surface area contributed by atoms with Crippen molar-refractivity contribution in [3.63, 3.8) is 0 Å². The molecule has 0 atom stereocenters. The molecule has 0 aliphatic rings. The standard InChI is InChI=1S/C24H26ClN3O3S2/c1-23(2,3)31-21(30)24(4,5)33-22-27-18(14-32-22)12-20(29)28-19-11-8-16(13-26-19)15-6-9-17(25)10-7-15/h6-11,13-14H,12H2,1-5H3,(H,26,28,29). The van der Waals surface area contributed by atoms with Crippen LogP contribution in [0.3, 0.4) is 0 Å². The highest BCUT2D eigenvalue weighted by atomic mass is 35.5. The second-order valence-electron chi connectivity index (χ2n) is 8.88. The average molecular weight is 504 g/mol. The Morgan fingerprint density at radius 1 is 1.06 bits per heavy atom. The van der Waals surface area contributed by atoms with Gasteiger partial charge in [-0.25, -0.2) is 9.97 Å². The van der Waals surface area contributed by atoms with E-state index in [1.807, 2.05) is 56.5 Å². The van der Waals surface area contributed by atoms with Crippen LogP contribution >= 0.6 is 34.7 Å². The number of carbonyl (C=O) groups excluding carboxylic acids is 2. The maximum atomic E-state index is 12.5. The number of ether oxygens (including phenoxy) is 1. The molecule has 0 bridgehead atoms. The molecule has 2 heterocycles. The Morgan fingerprint density at radius 2 is 1.73 bits per heavy atom. The van der Waals surface area contributed by atoms with Crippen LogP contribution in [0.1, 0.15) is 40.3 Å². The first kappa shape index (κ1) is 25.2. The van der Waals surface area contributed by atoms with Crippen molar-refractivity contribution < 1.29 is 14.3 Å². The van der Waals surface area contributed by atoms with E-state index in [-0.39, 0.29) is 18.3 Å². The van der Waals surface area contributed by atoms with Crippen molar-refractivity contribution in [1.29, 1.82) is 0 Å². The predicted molar refractivity (Wildman–Crippen MR) is 135 cm³/mol. The van der Waals surface area contributed by atoms with E-state index in [4.69, 9.17) is 16.3 Å². The van der Waals surface area contributed by atoms with E-state index in [9.17, 15) is 9.59 Å². The van der Waals surface area contributed by atoms with Crippen LogP contribution in [0.5, 0.6) is 0 Å². The number of rotatable bonds is 7. The van der Waals surface area contributed by atoms with Crippen molar-refractivity contribution in [2.75, 3.05) is 5.32 Å². The molecule has 0 radical (unpaired) electrons.